The summed E-state index contributed by atoms with van der Waals surface area (Å²) >= 11 is 13.1. The van der Waals surface area contributed by atoms with E-state index < -0.39 is 0 Å². The lowest BCUT2D eigenvalue weighted by Gasteiger charge is -2.18. The minimum Gasteiger partial charge on any atom is -0.466 e. The molecule has 1 atom stereocenters. The number of nitrogens with one attached hydrogen (secondary N) is 1. The van der Waals surface area contributed by atoms with Gasteiger partial charge in [-0.25, -0.2) is 0 Å². The van der Waals surface area contributed by atoms with Crippen LogP contribution in [0.1, 0.15) is 30.7 Å². The predicted octanol–water partition coefficient (Wildman–Crippen LogP) is 5.55. The fourth-order valence-electron chi connectivity index (χ4n) is 1.90. The summed E-state index contributed by atoms with van der Waals surface area (Å²) in [6.45, 7) is 3.04. The van der Waals surface area contributed by atoms with Crippen LogP contribution in [0.2, 0.25) is 5.02 Å². The third-order valence-electron chi connectivity index (χ3n) is 2.72. The predicted molar refractivity (Wildman–Crippen MR) is 85.7 cm³/mol. The van der Waals surface area contributed by atoms with Crippen molar-refractivity contribution in [2.24, 2.45) is 0 Å². The van der Waals surface area contributed by atoms with Crippen molar-refractivity contribution in [1.82, 2.24) is 5.32 Å². The van der Waals surface area contributed by atoms with Crippen LogP contribution in [0.25, 0.3) is 0 Å². The second-order valence-electron chi connectivity index (χ2n) is 4.22. The molecular formula is C14H14Br2ClNO. The molecule has 2 aromatic rings. The van der Waals surface area contributed by atoms with Gasteiger partial charge < -0.3 is 9.73 Å². The zero-order chi connectivity index (χ0) is 13.8. The van der Waals surface area contributed by atoms with Crippen molar-refractivity contribution in [1.29, 1.82) is 0 Å². The van der Waals surface area contributed by atoms with Gasteiger partial charge in [-0.2, -0.15) is 0 Å². The molecule has 0 saturated heterocycles. The number of furan rings is 1. The molecule has 1 unspecified atom stereocenters. The minimum absolute atomic E-state index is 0.0145. The van der Waals surface area contributed by atoms with Gasteiger partial charge in [-0.05, 0) is 58.7 Å². The van der Waals surface area contributed by atoms with Gasteiger partial charge in [0.1, 0.15) is 5.76 Å². The van der Waals surface area contributed by atoms with Gasteiger partial charge in [0.05, 0.1) is 16.8 Å². The summed E-state index contributed by atoms with van der Waals surface area (Å²) in [5.41, 5.74) is 1.07. The lowest BCUT2D eigenvalue weighted by Crippen LogP contribution is -2.23. The van der Waals surface area contributed by atoms with E-state index in [-0.39, 0.29) is 6.04 Å². The standard InChI is InChI=1S/C14H14Br2ClNO/c1-2-4-18-13(14-12(16)3-5-19-14)9-6-10(15)8-11(17)7-9/h3,5-8,13,18H,2,4H2,1H3. The van der Waals surface area contributed by atoms with Crippen molar-refractivity contribution in [2.45, 2.75) is 19.4 Å². The molecule has 0 aliphatic carbocycles. The number of hydrogen-bond acceptors (Lipinski definition) is 2. The first-order valence-corrected chi connectivity index (χ1v) is 8.00. The summed E-state index contributed by atoms with van der Waals surface area (Å²) in [6, 6.07) is 7.76. The summed E-state index contributed by atoms with van der Waals surface area (Å²) in [5.74, 6) is 0.864. The molecule has 0 radical (unpaired) electrons. The third kappa shape index (κ3) is 3.85. The molecule has 19 heavy (non-hydrogen) atoms. The average Bonchev–Trinajstić information content (AvgIpc) is 2.75. The second-order valence-corrected chi connectivity index (χ2v) is 6.43. The molecule has 1 aromatic carbocycles. The Hall–Kier alpha value is -0.290. The SMILES string of the molecule is CCCNC(c1cc(Cl)cc(Br)c1)c1occc1Br. The number of benzene rings is 1. The topological polar surface area (TPSA) is 25.2 Å². The van der Waals surface area contributed by atoms with Crippen LogP contribution < -0.4 is 5.32 Å². The molecule has 0 saturated carbocycles. The first-order chi connectivity index (χ1) is 9.11. The zero-order valence-corrected chi connectivity index (χ0v) is 14.3. The molecule has 0 aliphatic heterocycles. The molecule has 0 fully saturated rings. The smallest absolute Gasteiger partial charge is 0.139 e. The molecule has 1 N–H and O–H groups in total. The Bertz CT molecular complexity index is 536. The summed E-state index contributed by atoms with van der Waals surface area (Å²) in [6.07, 6.45) is 2.73. The summed E-state index contributed by atoms with van der Waals surface area (Å²) < 4.78 is 7.50. The van der Waals surface area contributed by atoms with Crippen LogP contribution in [0.3, 0.4) is 0 Å². The highest BCUT2D eigenvalue weighted by atomic mass is 79.9. The molecule has 2 nitrogen and oxygen atoms in total. The quantitative estimate of drug-likeness (QED) is 0.703. The Balaban J connectivity index is 2.39. The Morgan fingerprint density at radius 2 is 2.11 bits per heavy atom. The Kier molecular flexibility index (Phi) is 5.51. The van der Waals surface area contributed by atoms with Crippen LogP contribution in [-0.2, 0) is 0 Å². The molecule has 0 aliphatic rings. The minimum atomic E-state index is -0.0145. The first kappa shape index (κ1) is 15.1. The highest BCUT2D eigenvalue weighted by Gasteiger charge is 2.20. The van der Waals surface area contributed by atoms with Crippen LogP contribution in [0.4, 0.5) is 0 Å². The highest BCUT2D eigenvalue weighted by molar-refractivity contribution is 9.10. The van der Waals surface area contributed by atoms with E-state index in [1.54, 1.807) is 6.26 Å². The van der Waals surface area contributed by atoms with E-state index in [4.69, 9.17) is 16.0 Å². The van der Waals surface area contributed by atoms with Gasteiger partial charge in [-0.3, -0.25) is 0 Å². The molecular weight excluding hydrogens is 393 g/mol. The van der Waals surface area contributed by atoms with Gasteiger partial charge in [0, 0.05) is 9.50 Å². The molecule has 0 bridgehead atoms. The average molecular weight is 408 g/mol. The maximum absolute atomic E-state index is 6.13. The van der Waals surface area contributed by atoms with Gasteiger partial charge in [0.15, 0.2) is 0 Å². The van der Waals surface area contributed by atoms with Crippen molar-refractivity contribution in [2.75, 3.05) is 6.54 Å². The molecule has 102 valence electrons. The van der Waals surface area contributed by atoms with E-state index in [2.05, 4.69) is 44.1 Å². The lowest BCUT2D eigenvalue weighted by atomic mass is 10.0. The molecule has 1 aromatic heterocycles. The van der Waals surface area contributed by atoms with E-state index in [9.17, 15) is 0 Å². The largest absolute Gasteiger partial charge is 0.466 e. The Morgan fingerprint density at radius 1 is 1.32 bits per heavy atom. The molecule has 2 rings (SSSR count). The van der Waals surface area contributed by atoms with Gasteiger partial charge >= 0.3 is 0 Å². The van der Waals surface area contributed by atoms with Crippen LogP contribution >= 0.6 is 43.5 Å². The van der Waals surface area contributed by atoms with Crippen molar-refractivity contribution < 1.29 is 4.42 Å². The molecule has 0 amide bonds. The maximum Gasteiger partial charge on any atom is 0.139 e. The number of hydrogen-bond donors (Lipinski definition) is 1. The summed E-state index contributed by atoms with van der Waals surface area (Å²) in [4.78, 5) is 0. The van der Waals surface area contributed by atoms with Gasteiger partial charge in [-0.15, -0.1) is 0 Å². The summed E-state index contributed by atoms with van der Waals surface area (Å²) in [5, 5.41) is 4.18. The van der Waals surface area contributed by atoms with Gasteiger partial charge in [0.2, 0.25) is 0 Å². The maximum atomic E-state index is 6.13. The number of halogens is 3. The van der Waals surface area contributed by atoms with Crippen LogP contribution in [-0.4, -0.2) is 6.54 Å². The van der Waals surface area contributed by atoms with Gasteiger partial charge in [0.25, 0.3) is 0 Å². The van der Waals surface area contributed by atoms with E-state index in [1.165, 1.54) is 0 Å². The van der Waals surface area contributed by atoms with E-state index in [0.717, 1.165) is 33.2 Å². The fraction of sp³-hybridized carbons (Fsp3) is 0.286. The molecule has 0 spiro atoms. The zero-order valence-electron chi connectivity index (χ0n) is 10.4. The lowest BCUT2D eigenvalue weighted by molar-refractivity contribution is 0.444. The monoisotopic (exact) mass is 405 g/mol. The van der Waals surface area contributed by atoms with Crippen LogP contribution in [0.15, 0.2) is 43.9 Å². The van der Waals surface area contributed by atoms with Crippen molar-refractivity contribution in [3.8, 4) is 0 Å². The normalized spacial score (nSPS) is 12.6. The summed E-state index contributed by atoms with van der Waals surface area (Å²) in [7, 11) is 0. The van der Waals surface area contributed by atoms with Crippen molar-refractivity contribution >= 4 is 43.5 Å². The van der Waals surface area contributed by atoms with E-state index in [1.807, 2.05) is 24.3 Å². The van der Waals surface area contributed by atoms with Crippen LogP contribution in [0, 0.1) is 0 Å². The van der Waals surface area contributed by atoms with Crippen molar-refractivity contribution in [3.05, 3.63) is 55.8 Å². The van der Waals surface area contributed by atoms with E-state index in [0.29, 0.717) is 5.02 Å². The molecule has 1 heterocycles. The highest BCUT2D eigenvalue weighted by Crippen LogP contribution is 2.32. The number of rotatable bonds is 5. The van der Waals surface area contributed by atoms with Crippen molar-refractivity contribution in [3.63, 3.8) is 0 Å². The Labute approximate surface area is 134 Å². The molecule has 5 heteroatoms. The van der Waals surface area contributed by atoms with Crippen LogP contribution in [0.5, 0.6) is 0 Å². The Morgan fingerprint density at radius 3 is 2.68 bits per heavy atom. The first-order valence-electron chi connectivity index (χ1n) is 6.04. The fourth-order valence-corrected chi connectivity index (χ4v) is 3.22. The third-order valence-corrected chi connectivity index (χ3v) is 4.05. The second kappa shape index (κ2) is 6.93. The van der Waals surface area contributed by atoms with Gasteiger partial charge in [-0.1, -0.05) is 34.5 Å². The van der Waals surface area contributed by atoms with E-state index >= 15 is 0 Å².